The summed E-state index contributed by atoms with van der Waals surface area (Å²) in [5.74, 6) is -0.796. The molecule has 6 nitrogen and oxygen atoms in total. The van der Waals surface area contributed by atoms with Crippen LogP contribution in [0.3, 0.4) is 0 Å². The average molecular weight is 295 g/mol. The van der Waals surface area contributed by atoms with Crippen molar-refractivity contribution in [2.45, 2.75) is 6.54 Å². The minimum Gasteiger partial charge on any atom is -0.364 e. The molecule has 0 saturated heterocycles. The van der Waals surface area contributed by atoms with E-state index in [4.69, 9.17) is 5.73 Å². The van der Waals surface area contributed by atoms with Crippen molar-refractivity contribution in [1.29, 1.82) is 0 Å². The number of fused-ring (bicyclic) bond motifs is 1. The highest BCUT2D eigenvalue weighted by atomic mass is 16.1. The van der Waals surface area contributed by atoms with Gasteiger partial charge < -0.3 is 15.3 Å². The molecular formula is C16H13N3O3. The standard InChI is InChI=1S/C16H13N3O3/c17-15(21)13-8-11-12(18-13)6-7-19(16(11)22)9-14(20)10-4-2-1-3-5-10/h1-8,18H,9H2,(H2,17,21). The van der Waals surface area contributed by atoms with Crippen LogP contribution in [0, 0.1) is 0 Å². The predicted octanol–water partition coefficient (Wildman–Crippen LogP) is 1.31. The van der Waals surface area contributed by atoms with Gasteiger partial charge >= 0.3 is 0 Å². The number of nitrogens with one attached hydrogen (secondary N) is 1. The van der Waals surface area contributed by atoms with Crippen LogP contribution in [0.25, 0.3) is 10.9 Å². The van der Waals surface area contributed by atoms with Gasteiger partial charge in [0.05, 0.1) is 17.4 Å². The van der Waals surface area contributed by atoms with Crippen LogP contribution in [-0.2, 0) is 6.54 Å². The summed E-state index contributed by atoms with van der Waals surface area (Å²) in [5, 5.41) is 0.331. The maximum absolute atomic E-state index is 12.4. The van der Waals surface area contributed by atoms with E-state index < -0.39 is 5.91 Å². The summed E-state index contributed by atoms with van der Waals surface area (Å²) in [6.45, 7) is -0.0597. The molecule has 0 saturated carbocycles. The van der Waals surface area contributed by atoms with Gasteiger partial charge in [-0.15, -0.1) is 0 Å². The van der Waals surface area contributed by atoms with Gasteiger partial charge in [-0.2, -0.15) is 0 Å². The van der Waals surface area contributed by atoms with E-state index in [0.29, 0.717) is 16.5 Å². The summed E-state index contributed by atoms with van der Waals surface area (Å²) < 4.78 is 1.32. The summed E-state index contributed by atoms with van der Waals surface area (Å²) in [6.07, 6.45) is 1.52. The minimum absolute atomic E-state index is 0.0597. The van der Waals surface area contributed by atoms with Crippen LogP contribution in [0.1, 0.15) is 20.8 Å². The lowest BCUT2D eigenvalue weighted by Gasteiger charge is -2.05. The zero-order valence-electron chi connectivity index (χ0n) is 11.6. The van der Waals surface area contributed by atoms with Gasteiger partial charge in [0.25, 0.3) is 11.5 Å². The summed E-state index contributed by atoms with van der Waals surface area (Å²) in [5.41, 5.74) is 6.07. The number of amides is 1. The lowest BCUT2D eigenvalue weighted by Crippen LogP contribution is -2.23. The van der Waals surface area contributed by atoms with Crippen LogP contribution >= 0.6 is 0 Å². The lowest BCUT2D eigenvalue weighted by atomic mass is 10.1. The number of primary amides is 1. The Morgan fingerprint density at radius 3 is 2.55 bits per heavy atom. The van der Waals surface area contributed by atoms with Crippen molar-refractivity contribution in [1.82, 2.24) is 9.55 Å². The van der Waals surface area contributed by atoms with Gasteiger partial charge in [-0.25, -0.2) is 0 Å². The molecule has 0 unspecified atom stereocenters. The molecular weight excluding hydrogens is 282 g/mol. The van der Waals surface area contributed by atoms with Gasteiger partial charge in [0.2, 0.25) is 0 Å². The van der Waals surface area contributed by atoms with Crippen molar-refractivity contribution in [3.05, 3.63) is 70.3 Å². The number of hydrogen-bond acceptors (Lipinski definition) is 3. The molecule has 1 aromatic carbocycles. The molecule has 110 valence electrons. The number of ketones is 1. The highest BCUT2D eigenvalue weighted by Crippen LogP contribution is 2.11. The van der Waals surface area contributed by atoms with Gasteiger partial charge in [-0.05, 0) is 12.1 Å². The normalized spacial score (nSPS) is 10.7. The monoisotopic (exact) mass is 295 g/mol. The first kappa shape index (κ1) is 13.8. The van der Waals surface area contributed by atoms with Crippen LogP contribution in [-0.4, -0.2) is 21.2 Å². The van der Waals surface area contributed by atoms with Crippen LogP contribution in [0.5, 0.6) is 0 Å². The Morgan fingerprint density at radius 2 is 1.86 bits per heavy atom. The van der Waals surface area contributed by atoms with Crippen LogP contribution in [0.15, 0.2) is 53.5 Å². The first-order valence-corrected chi connectivity index (χ1v) is 6.66. The molecule has 3 N–H and O–H groups in total. The highest BCUT2D eigenvalue weighted by Gasteiger charge is 2.12. The average Bonchev–Trinajstić information content (AvgIpc) is 2.96. The Morgan fingerprint density at radius 1 is 1.14 bits per heavy atom. The smallest absolute Gasteiger partial charge is 0.265 e. The summed E-state index contributed by atoms with van der Waals surface area (Å²) in [6, 6.07) is 11.8. The quantitative estimate of drug-likeness (QED) is 0.710. The number of H-pyrrole nitrogens is 1. The van der Waals surface area contributed by atoms with Crippen molar-refractivity contribution in [3.8, 4) is 0 Å². The molecule has 0 atom stereocenters. The van der Waals surface area contributed by atoms with E-state index in [2.05, 4.69) is 4.98 Å². The van der Waals surface area contributed by atoms with Gasteiger partial charge in [0.15, 0.2) is 5.78 Å². The van der Waals surface area contributed by atoms with E-state index >= 15 is 0 Å². The first-order chi connectivity index (χ1) is 10.6. The summed E-state index contributed by atoms with van der Waals surface area (Å²) >= 11 is 0. The number of hydrogen-bond donors (Lipinski definition) is 2. The summed E-state index contributed by atoms with van der Waals surface area (Å²) in [4.78, 5) is 38.5. The Labute approximate surface area is 125 Å². The van der Waals surface area contributed by atoms with E-state index in [0.717, 1.165) is 0 Å². The van der Waals surface area contributed by atoms with Crippen molar-refractivity contribution in [3.63, 3.8) is 0 Å². The number of carbonyl (C=O) groups excluding carboxylic acids is 2. The van der Waals surface area contributed by atoms with Crippen LogP contribution < -0.4 is 11.3 Å². The number of rotatable bonds is 4. The van der Waals surface area contributed by atoms with Crippen molar-refractivity contribution in [2.75, 3.05) is 0 Å². The van der Waals surface area contributed by atoms with Gasteiger partial charge in [-0.3, -0.25) is 14.4 Å². The second-order valence-corrected chi connectivity index (χ2v) is 4.91. The second-order valence-electron chi connectivity index (χ2n) is 4.91. The molecule has 1 amide bonds. The molecule has 2 heterocycles. The topological polar surface area (TPSA) is 97.9 Å². The fourth-order valence-electron chi connectivity index (χ4n) is 2.29. The molecule has 0 radical (unpaired) electrons. The summed E-state index contributed by atoms with van der Waals surface area (Å²) in [7, 11) is 0. The van der Waals surface area contributed by atoms with E-state index in [1.54, 1.807) is 30.3 Å². The van der Waals surface area contributed by atoms with E-state index in [-0.39, 0.29) is 23.6 Å². The molecule has 0 aliphatic carbocycles. The fourth-order valence-corrected chi connectivity index (χ4v) is 2.29. The Kier molecular flexibility index (Phi) is 3.34. The molecule has 0 fully saturated rings. The number of benzene rings is 1. The molecule has 0 aliphatic rings. The first-order valence-electron chi connectivity index (χ1n) is 6.66. The maximum Gasteiger partial charge on any atom is 0.265 e. The molecule has 22 heavy (non-hydrogen) atoms. The Bertz CT molecular complexity index is 923. The number of Topliss-reactive ketones (excluding diaryl/α,β-unsaturated/α-hetero) is 1. The second kappa shape index (κ2) is 5.33. The number of nitrogens with zero attached hydrogens (tertiary/aromatic N) is 1. The molecule has 3 rings (SSSR count). The van der Waals surface area contributed by atoms with Gasteiger partial charge in [0, 0.05) is 11.8 Å². The molecule has 6 heteroatoms. The SMILES string of the molecule is NC(=O)c1cc2c(=O)n(CC(=O)c3ccccc3)ccc2[nH]1. The van der Waals surface area contributed by atoms with Crippen molar-refractivity contribution >= 4 is 22.6 Å². The minimum atomic E-state index is -0.637. The third-order valence-corrected chi connectivity index (χ3v) is 3.44. The number of aromatic amines is 1. The third kappa shape index (κ3) is 2.42. The molecule has 3 aromatic rings. The van der Waals surface area contributed by atoms with E-state index in [1.165, 1.54) is 16.8 Å². The molecule has 0 aliphatic heterocycles. The number of nitrogens with two attached hydrogens (primary N) is 1. The zero-order valence-corrected chi connectivity index (χ0v) is 11.6. The fraction of sp³-hybridized carbons (Fsp3) is 0.0625. The molecule has 2 aromatic heterocycles. The highest BCUT2D eigenvalue weighted by molar-refractivity contribution is 5.97. The number of aromatic nitrogens is 2. The van der Waals surface area contributed by atoms with Crippen molar-refractivity contribution < 1.29 is 9.59 Å². The maximum atomic E-state index is 12.4. The Hall–Kier alpha value is -3.15. The van der Waals surface area contributed by atoms with E-state index in [1.807, 2.05) is 6.07 Å². The number of pyridine rings is 1. The molecule has 0 bridgehead atoms. The number of carbonyl (C=O) groups is 2. The van der Waals surface area contributed by atoms with Crippen molar-refractivity contribution in [2.24, 2.45) is 5.73 Å². The largest absolute Gasteiger partial charge is 0.364 e. The predicted molar refractivity (Wildman–Crippen MR) is 81.8 cm³/mol. The van der Waals surface area contributed by atoms with E-state index in [9.17, 15) is 14.4 Å². The van der Waals surface area contributed by atoms with Gasteiger partial charge in [-0.1, -0.05) is 30.3 Å². The van der Waals surface area contributed by atoms with Crippen LogP contribution in [0.4, 0.5) is 0 Å². The van der Waals surface area contributed by atoms with Crippen LogP contribution in [0.2, 0.25) is 0 Å². The third-order valence-electron chi connectivity index (χ3n) is 3.44. The lowest BCUT2D eigenvalue weighted by molar-refractivity contribution is 0.0968. The zero-order chi connectivity index (χ0) is 15.7. The Balaban J connectivity index is 1.98. The molecule has 0 spiro atoms. The van der Waals surface area contributed by atoms with Gasteiger partial charge in [0.1, 0.15) is 5.69 Å².